The summed E-state index contributed by atoms with van der Waals surface area (Å²) < 4.78 is 11.2. The molecule has 5 N–H and O–H groups in total. The lowest BCUT2D eigenvalue weighted by Gasteiger charge is -2.14. The van der Waals surface area contributed by atoms with Crippen molar-refractivity contribution in [2.75, 3.05) is 10.6 Å². The second kappa shape index (κ2) is 30.5. The van der Waals surface area contributed by atoms with Crippen molar-refractivity contribution < 1.29 is 9.47 Å². The molecule has 9 atom stereocenters. The predicted molar refractivity (Wildman–Crippen MR) is 287 cm³/mol. The van der Waals surface area contributed by atoms with Crippen molar-refractivity contribution in [1.29, 1.82) is 0 Å². The van der Waals surface area contributed by atoms with Crippen LogP contribution in [0.3, 0.4) is 0 Å². The Labute approximate surface area is 435 Å². The molecule has 4 aromatic heterocycles. The van der Waals surface area contributed by atoms with Gasteiger partial charge in [-0.15, -0.1) is 0 Å². The molecule has 0 amide bonds. The number of rotatable bonds is 13. The SMILES string of the molecule is CC[C@H]1C[C@@H](N)C[C@@H]1C.CC[C@H]1C[C@@H](Nc2cc(=O)[nH]cn2)C[C@@H]1C.CC[C@H]1C[C@@H](Nc2cc(OCc3ccccc3)ncn2)C[C@@H]1C.Clc1cc(Cl)ncn1.Clc1cc(OCc2ccccc2)ncn1. The fraction of sp³-hybridized carbons (Fsp3) is 0.481. The van der Waals surface area contributed by atoms with Crippen LogP contribution < -0.4 is 31.4 Å². The number of benzene rings is 2. The molecule has 0 unspecified atom stereocenters. The first-order chi connectivity index (χ1) is 34.3. The van der Waals surface area contributed by atoms with E-state index in [4.69, 9.17) is 50.0 Å². The fourth-order valence-corrected chi connectivity index (χ4v) is 10.0. The van der Waals surface area contributed by atoms with Crippen molar-refractivity contribution in [3.05, 3.63) is 147 Å². The van der Waals surface area contributed by atoms with Gasteiger partial charge in [0.05, 0.1) is 6.33 Å². The van der Waals surface area contributed by atoms with Crippen LogP contribution in [0.25, 0.3) is 0 Å². The highest BCUT2D eigenvalue weighted by atomic mass is 35.5. The van der Waals surface area contributed by atoms with Crippen LogP contribution in [0.15, 0.2) is 115 Å². The van der Waals surface area contributed by atoms with E-state index in [1.165, 1.54) is 88.9 Å². The molecule has 0 bridgehead atoms. The third-order valence-electron chi connectivity index (χ3n) is 13.4. The lowest BCUT2D eigenvalue weighted by Crippen LogP contribution is -2.18. The average molecular weight is 1030 g/mol. The Morgan fingerprint density at radius 3 is 1.39 bits per heavy atom. The third-order valence-corrected chi connectivity index (χ3v) is 14.1. The Morgan fingerprint density at radius 1 is 0.549 bits per heavy atom. The highest BCUT2D eigenvalue weighted by molar-refractivity contribution is 6.33. The van der Waals surface area contributed by atoms with E-state index < -0.39 is 0 Å². The summed E-state index contributed by atoms with van der Waals surface area (Å²) >= 11 is 16.5. The van der Waals surface area contributed by atoms with E-state index in [1.54, 1.807) is 12.4 Å². The Morgan fingerprint density at radius 2 is 0.986 bits per heavy atom. The number of hydrogen-bond acceptors (Lipinski definition) is 13. The first-order valence-corrected chi connectivity index (χ1v) is 26.0. The molecule has 0 radical (unpaired) electrons. The van der Waals surface area contributed by atoms with Crippen LogP contribution in [-0.2, 0) is 13.2 Å². The van der Waals surface area contributed by atoms with Gasteiger partial charge in [-0.2, -0.15) is 0 Å². The van der Waals surface area contributed by atoms with Crippen molar-refractivity contribution in [1.82, 2.24) is 39.9 Å². The molecule has 71 heavy (non-hydrogen) atoms. The topological polar surface area (TPSA) is 192 Å². The van der Waals surface area contributed by atoms with Gasteiger partial charge in [0.2, 0.25) is 11.8 Å². The van der Waals surface area contributed by atoms with Crippen LogP contribution >= 0.6 is 34.8 Å². The van der Waals surface area contributed by atoms with Gasteiger partial charge >= 0.3 is 0 Å². The number of hydrogen-bond donors (Lipinski definition) is 4. The van der Waals surface area contributed by atoms with Gasteiger partial charge in [0, 0.05) is 42.4 Å². The van der Waals surface area contributed by atoms with E-state index in [0.29, 0.717) is 64.4 Å². The molecule has 6 aromatic rings. The lowest BCUT2D eigenvalue weighted by molar-refractivity contribution is 0.293. The third kappa shape index (κ3) is 20.7. The summed E-state index contributed by atoms with van der Waals surface area (Å²) in [6, 6.07) is 27.9. The van der Waals surface area contributed by atoms with Crippen LogP contribution in [0, 0.1) is 35.5 Å². The molecule has 9 rings (SSSR count). The summed E-state index contributed by atoms with van der Waals surface area (Å²) in [5, 5.41) is 8.00. The lowest BCUT2D eigenvalue weighted by atomic mass is 9.96. The molecule has 3 saturated carbocycles. The Bertz CT molecular complexity index is 2460. The van der Waals surface area contributed by atoms with Crippen molar-refractivity contribution in [2.45, 2.75) is 131 Å². The monoisotopic (exact) mass is 1030 g/mol. The molecule has 3 fully saturated rings. The number of aromatic amines is 1. The van der Waals surface area contributed by atoms with Crippen LogP contribution in [0.5, 0.6) is 11.8 Å². The molecule has 0 spiro atoms. The van der Waals surface area contributed by atoms with Gasteiger partial charge in [-0.05, 0) is 85.2 Å². The standard InChI is InChI=1S/C19H25N3O.C12H19N3O.C11H9ClN2O.C8H17N.C4H2Cl2N2/c1-3-16-10-17(9-14(16)2)22-18-11-19(21-13-20-18)23-12-15-7-5-4-6-8-15;1-3-9-5-10(4-8(9)2)15-11-6-12(16)14-7-13-11;12-10-6-11(14-8-13-10)15-7-9-4-2-1-3-5-9;1-3-7-5-8(9)4-6(7)2;5-3-1-4(6)8-2-7-3/h4-8,11,13-14,16-17H,3,9-10,12H2,1-2H3,(H,20,21,22);6-10H,3-5H2,1-2H3,(H2,13,14,15,16);1-6,8H,7H2;6-8H,3-5,9H2,1-2H3;1-2H/t14-,16-,17-;8-,9-,10-;;6-,7-,8-;/m00.0./s1. The molecule has 382 valence electrons. The number of nitrogens with one attached hydrogen (secondary N) is 3. The Hall–Kier alpha value is -5.41. The van der Waals surface area contributed by atoms with Gasteiger partial charge in [0.1, 0.15) is 59.3 Å². The minimum Gasteiger partial charge on any atom is -0.473 e. The predicted octanol–water partition coefficient (Wildman–Crippen LogP) is 12.6. The maximum Gasteiger partial charge on any atom is 0.252 e. The zero-order valence-corrected chi connectivity index (χ0v) is 44.2. The van der Waals surface area contributed by atoms with Gasteiger partial charge in [0.25, 0.3) is 5.56 Å². The van der Waals surface area contributed by atoms with Crippen LogP contribution in [0.1, 0.15) is 110 Å². The van der Waals surface area contributed by atoms with E-state index in [9.17, 15) is 4.79 Å². The number of anilines is 2. The first kappa shape index (κ1) is 56.5. The molecular weight excluding hydrogens is 957 g/mol. The molecular formula is C54H72Cl3N11O3. The van der Waals surface area contributed by atoms with Crippen molar-refractivity contribution in [3.63, 3.8) is 0 Å². The van der Waals surface area contributed by atoms with Gasteiger partial charge in [-0.3, -0.25) is 4.79 Å². The van der Waals surface area contributed by atoms with Gasteiger partial charge in [-0.1, -0.05) is 156 Å². The summed E-state index contributed by atoms with van der Waals surface area (Å²) in [5.41, 5.74) is 7.92. The number of ether oxygens (including phenoxy) is 2. The summed E-state index contributed by atoms with van der Waals surface area (Å²) in [4.78, 5) is 41.2. The summed E-state index contributed by atoms with van der Waals surface area (Å²) in [6.45, 7) is 14.8. The van der Waals surface area contributed by atoms with Crippen LogP contribution in [0.4, 0.5) is 11.6 Å². The minimum atomic E-state index is -0.101. The van der Waals surface area contributed by atoms with Crippen molar-refractivity contribution >= 4 is 46.4 Å². The number of halogens is 3. The minimum absolute atomic E-state index is 0.101. The zero-order chi connectivity index (χ0) is 51.0. The molecule has 3 aliphatic carbocycles. The van der Waals surface area contributed by atoms with Gasteiger partial charge in [0.15, 0.2) is 0 Å². The molecule has 0 aliphatic heterocycles. The number of H-pyrrole nitrogens is 1. The molecule has 0 saturated heterocycles. The van der Waals surface area contributed by atoms with E-state index >= 15 is 0 Å². The second-order valence-electron chi connectivity index (χ2n) is 18.7. The Kier molecular flexibility index (Phi) is 24.2. The quantitative estimate of drug-likeness (QED) is 0.0800. The van der Waals surface area contributed by atoms with Gasteiger partial charge < -0.3 is 30.8 Å². The smallest absolute Gasteiger partial charge is 0.252 e. The normalized spacial score (nSPS) is 22.9. The molecule has 14 nitrogen and oxygen atoms in total. The maximum absolute atomic E-state index is 11.1. The number of nitrogens with two attached hydrogens (primary N) is 1. The highest BCUT2D eigenvalue weighted by Crippen LogP contribution is 2.36. The molecule has 17 heteroatoms. The van der Waals surface area contributed by atoms with Crippen LogP contribution in [-0.4, -0.2) is 58.0 Å². The molecule has 4 heterocycles. The van der Waals surface area contributed by atoms with E-state index in [0.717, 1.165) is 52.5 Å². The summed E-state index contributed by atoms with van der Waals surface area (Å²) in [6.07, 6.45) is 16.8. The number of nitrogens with zero attached hydrogens (tertiary/aromatic N) is 7. The van der Waals surface area contributed by atoms with E-state index in [-0.39, 0.29) is 5.56 Å². The molecule has 2 aromatic carbocycles. The summed E-state index contributed by atoms with van der Waals surface area (Å²) in [5.74, 6) is 7.63. The average Bonchev–Trinajstić information content (AvgIpc) is 4.03. The second-order valence-corrected chi connectivity index (χ2v) is 19.9. The first-order valence-electron chi connectivity index (χ1n) is 24.9. The van der Waals surface area contributed by atoms with E-state index in [2.05, 4.69) is 92.0 Å². The van der Waals surface area contributed by atoms with Gasteiger partial charge in [-0.25, -0.2) is 34.9 Å². The van der Waals surface area contributed by atoms with Crippen molar-refractivity contribution in [3.8, 4) is 11.8 Å². The van der Waals surface area contributed by atoms with Crippen molar-refractivity contribution in [2.24, 2.45) is 41.2 Å². The largest absolute Gasteiger partial charge is 0.473 e. The molecule has 3 aliphatic rings. The fourth-order valence-electron chi connectivity index (χ4n) is 9.54. The Balaban J connectivity index is 0.000000173. The maximum atomic E-state index is 11.1. The van der Waals surface area contributed by atoms with Crippen LogP contribution in [0.2, 0.25) is 15.5 Å². The highest BCUT2D eigenvalue weighted by Gasteiger charge is 2.31. The zero-order valence-electron chi connectivity index (χ0n) is 41.9. The number of aromatic nitrogens is 8. The van der Waals surface area contributed by atoms with E-state index in [1.807, 2.05) is 66.7 Å². The summed E-state index contributed by atoms with van der Waals surface area (Å²) in [7, 11) is 0.